The highest BCUT2D eigenvalue weighted by molar-refractivity contribution is 5.74. The van der Waals surface area contributed by atoms with Crippen molar-refractivity contribution in [2.45, 2.75) is 58.4 Å². The van der Waals surface area contributed by atoms with Crippen molar-refractivity contribution in [1.82, 2.24) is 9.88 Å². The molecule has 0 unspecified atom stereocenters. The Hall–Kier alpha value is -1.56. The van der Waals surface area contributed by atoms with Gasteiger partial charge in [-0.3, -0.25) is 14.7 Å². The number of aromatic nitrogens is 1. The summed E-state index contributed by atoms with van der Waals surface area (Å²) in [6.07, 6.45) is -0.846. The number of aliphatic carboxylic acids is 1. The van der Waals surface area contributed by atoms with Gasteiger partial charge in [-0.25, -0.2) is 8.78 Å². The summed E-state index contributed by atoms with van der Waals surface area (Å²) in [5.74, 6) is -1.10. The first-order valence-corrected chi connectivity index (χ1v) is 8.32. The second-order valence-corrected chi connectivity index (χ2v) is 7.74. The average Bonchev–Trinajstić information content (AvgIpc) is 2.48. The van der Waals surface area contributed by atoms with Crippen LogP contribution in [0.5, 0.6) is 0 Å². The molecule has 24 heavy (non-hydrogen) atoms. The van der Waals surface area contributed by atoms with Crippen LogP contribution in [0, 0.1) is 5.41 Å². The Bertz CT molecular complexity index is 577. The molecule has 1 aliphatic rings. The number of nitrogens with zero attached hydrogens (tertiary/aromatic N) is 2. The van der Waals surface area contributed by atoms with Crippen molar-refractivity contribution >= 4 is 5.97 Å². The molecule has 1 fully saturated rings. The molecule has 6 heteroatoms. The molecular weight excluding hydrogens is 314 g/mol. The number of alkyl halides is 2. The summed E-state index contributed by atoms with van der Waals surface area (Å²) in [5, 5.41) is 9.38. The molecule has 1 aromatic heterocycles. The van der Waals surface area contributed by atoms with Crippen LogP contribution in [0.15, 0.2) is 18.3 Å². The van der Waals surface area contributed by atoms with Crippen LogP contribution in [0.4, 0.5) is 8.78 Å². The molecule has 134 valence electrons. The summed E-state index contributed by atoms with van der Waals surface area (Å²) < 4.78 is 25.5. The molecule has 0 atom stereocenters. The number of rotatable bonds is 5. The van der Waals surface area contributed by atoms with Gasteiger partial charge in [0.1, 0.15) is 0 Å². The zero-order valence-corrected chi connectivity index (χ0v) is 14.6. The Kier molecular flexibility index (Phi) is 5.58. The Labute approximate surface area is 141 Å². The van der Waals surface area contributed by atoms with E-state index in [0.717, 1.165) is 5.69 Å². The number of hydrogen-bond donors (Lipinski definition) is 1. The van der Waals surface area contributed by atoms with Crippen LogP contribution in [-0.2, 0) is 16.8 Å². The van der Waals surface area contributed by atoms with Gasteiger partial charge in [-0.1, -0.05) is 20.8 Å². The van der Waals surface area contributed by atoms with Crippen LogP contribution in [0.25, 0.3) is 0 Å². The first-order valence-electron chi connectivity index (χ1n) is 8.32. The zero-order valence-electron chi connectivity index (χ0n) is 14.6. The van der Waals surface area contributed by atoms with Crippen molar-refractivity contribution in [3.05, 3.63) is 29.6 Å². The van der Waals surface area contributed by atoms with E-state index in [9.17, 15) is 18.7 Å². The van der Waals surface area contributed by atoms with Gasteiger partial charge in [-0.05, 0) is 49.0 Å². The number of carbonyl (C=O) groups is 1. The Balaban J connectivity index is 2.01. The van der Waals surface area contributed by atoms with Crippen LogP contribution in [-0.4, -0.2) is 40.5 Å². The van der Waals surface area contributed by atoms with E-state index in [-0.39, 0.29) is 18.3 Å². The SMILES string of the molecule is CC(C)(C)c1ccnc(CN2CCC(CC(F)F)(C(=O)O)CC2)c1. The van der Waals surface area contributed by atoms with Crippen LogP contribution >= 0.6 is 0 Å². The predicted molar refractivity (Wildman–Crippen MR) is 88.1 cm³/mol. The fourth-order valence-corrected chi connectivity index (χ4v) is 3.20. The lowest BCUT2D eigenvalue weighted by molar-refractivity contribution is -0.155. The second-order valence-electron chi connectivity index (χ2n) is 7.74. The van der Waals surface area contributed by atoms with E-state index in [4.69, 9.17) is 0 Å². The molecule has 0 aromatic carbocycles. The number of carboxylic acid groups (broad SMARTS) is 1. The van der Waals surface area contributed by atoms with E-state index in [1.807, 2.05) is 6.07 Å². The van der Waals surface area contributed by atoms with E-state index < -0.39 is 24.2 Å². The van der Waals surface area contributed by atoms with Gasteiger partial charge >= 0.3 is 5.97 Å². The summed E-state index contributed by atoms with van der Waals surface area (Å²) in [5.41, 5.74) is 0.877. The third-order valence-corrected chi connectivity index (χ3v) is 4.88. The molecule has 1 aromatic rings. The van der Waals surface area contributed by atoms with Gasteiger partial charge in [0.2, 0.25) is 6.43 Å². The van der Waals surface area contributed by atoms with Crippen molar-refractivity contribution in [1.29, 1.82) is 0 Å². The molecule has 0 spiro atoms. The molecule has 1 saturated heterocycles. The number of hydrogen-bond acceptors (Lipinski definition) is 3. The third kappa shape index (κ3) is 4.50. The second kappa shape index (κ2) is 7.13. The molecule has 0 amide bonds. The first kappa shape index (κ1) is 18.8. The topological polar surface area (TPSA) is 53.4 Å². The largest absolute Gasteiger partial charge is 0.481 e. The van der Waals surface area contributed by atoms with Crippen molar-refractivity contribution in [2.75, 3.05) is 13.1 Å². The molecule has 0 radical (unpaired) electrons. The van der Waals surface area contributed by atoms with Crippen molar-refractivity contribution in [3.63, 3.8) is 0 Å². The zero-order chi connectivity index (χ0) is 18.0. The molecular formula is C18H26F2N2O2. The minimum Gasteiger partial charge on any atom is -0.481 e. The smallest absolute Gasteiger partial charge is 0.309 e. The average molecular weight is 340 g/mol. The third-order valence-electron chi connectivity index (χ3n) is 4.88. The highest BCUT2D eigenvalue weighted by Crippen LogP contribution is 2.38. The van der Waals surface area contributed by atoms with Crippen molar-refractivity contribution in [2.24, 2.45) is 5.41 Å². The highest BCUT2D eigenvalue weighted by Gasteiger charge is 2.43. The minimum absolute atomic E-state index is 0.0370. The fourth-order valence-electron chi connectivity index (χ4n) is 3.20. The van der Waals surface area contributed by atoms with Crippen LogP contribution in [0.1, 0.15) is 51.3 Å². The summed E-state index contributed by atoms with van der Waals surface area (Å²) in [6.45, 7) is 8.03. The molecule has 1 N–H and O–H groups in total. The summed E-state index contributed by atoms with van der Waals surface area (Å²) >= 11 is 0. The van der Waals surface area contributed by atoms with Gasteiger partial charge in [-0.2, -0.15) is 0 Å². The maximum absolute atomic E-state index is 12.7. The quantitative estimate of drug-likeness (QED) is 0.888. The molecule has 0 aliphatic carbocycles. The molecule has 0 saturated carbocycles. The number of pyridine rings is 1. The maximum Gasteiger partial charge on any atom is 0.309 e. The molecule has 2 rings (SSSR count). The van der Waals surface area contributed by atoms with Crippen LogP contribution in [0.2, 0.25) is 0 Å². The van der Waals surface area contributed by atoms with Gasteiger partial charge < -0.3 is 5.11 Å². The lowest BCUT2D eigenvalue weighted by Gasteiger charge is -2.38. The first-order chi connectivity index (χ1) is 11.1. The van der Waals surface area contributed by atoms with Crippen molar-refractivity contribution in [3.8, 4) is 0 Å². The Morgan fingerprint density at radius 2 is 2.00 bits per heavy atom. The number of carboxylic acids is 1. The van der Waals surface area contributed by atoms with Crippen molar-refractivity contribution < 1.29 is 18.7 Å². The molecule has 4 nitrogen and oxygen atoms in total. The highest BCUT2D eigenvalue weighted by atomic mass is 19.3. The summed E-state index contributed by atoms with van der Waals surface area (Å²) in [6, 6.07) is 4.07. The maximum atomic E-state index is 12.7. The normalized spacial score (nSPS) is 18.8. The Morgan fingerprint density at radius 3 is 2.50 bits per heavy atom. The monoisotopic (exact) mass is 340 g/mol. The van der Waals surface area contributed by atoms with E-state index in [2.05, 4.69) is 36.7 Å². The van der Waals surface area contributed by atoms with Gasteiger partial charge in [-0.15, -0.1) is 0 Å². The predicted octanol–water partition coefficient (Wildman–Crippen LogP) is 3.70. The number of halogens is 2. The number of piperidine rings is 1. The summed E-state index contributed by atoms with van der Waals surface area (Å²) in [4.78, 5) is 18.0. The molecule has 0 bridgehead atoms. The van der Waals surface area contributed by atoms with Gasteiger partial charge in [0.05, 0.1) is 11.1 Å². The van der Waals surface area contributed by atoms with E-state index in [1.165, 1.54) is 5.56 Å². The van der Waals surface area contributed by atoms with Gasteiger partial charge in [0.15, 0.2) is 0 Å². The number of likely N-dealkylation sites (tertiary alicyclic amines) is 1. The van der Waals surface area contributed by atoms with Crippen LogP contribution < -0.4 is 0 Å². The lowest BCUT2D eigenvalue weighted by atomic mass is 9.75. The van der Waals surface area contributed by atoms with Gasteiger partial charge in [0, 0.05) is 19.2 Å². The van der Waals surface area contributed by atoms with Gasteiger partial charge in [0.25, 0.3) is 0 Å². The van der Waals surface area contributed by atoms with E-state index in [1.54, 1.807) is 6.20 Å². The minimum atomic E-state index is -2.59. The molecule has 2 heterocycles. The van der Waals surface area contributed by atoms with Crippen LogP contribution in [0.3, 0.4) is 0 Å². The fraction of sp³-hybridized carbons (Fsp3) is 0.667. The molecule has 1 aliphatic heterocycles. The van der Waals surface area contributed by atoms with E-state index in [0.29, 0.717) is 19.6 Å². The van der Waals surface area contributed by atoms with E-state index >= 15 is 0 Å². The standard InChI is InChI=1S/C18H26F2N2O2/c1-17(2,3)13-4-7-21-14(10-13)12-22-8-5-18(6-9-22,16(23)24)11-15(19)20/h4,7,10,15H,5-6,8-9,11-12H2,1-3H3,(H,23,24). The summed E-state index contributed by atoms with van der Waals surface area (Å²) in [7, 11) is 0. The Morgan fingerprint density at radius 1 is 1.38 bits per heavy atom. The lowest BCUT2D eigenvalue weighted by Crippen LogP contribution is -2.45.